The predicted octanol–water partition coefficient (Wildman–Crippen LogP) is 1.83. The summed E-state index contributed by atoms with van der Waals surface area (Å²) >= 11 is 1.42. The van der Waals surface area contributed by atoms with Gasteiger partial charge in [0.1, 0.15) is 0 Å². The number of aliphatic hydroxyl groups is 1. The average molecular weight is 241 g/mol. The van der Waals surface area contributed by atoms with Gasteiger partial charge >= 0.3 is 5.97 Å². The van der Waals surface area contributed by atoms with Crippen molar-refractivity contribution in [3.05, 3.63) is 23.8 Å². The van der Waals surface area contributed by atoms with Crippen LogP contribution in [0.2, 0.25) is 0 Å². The zero-order valence-electron chi connectivity index (χ0n) is 9.01. The molecule has 0 spiro atoms. The van der Waals surface area contributed by atoms with Gasteiger partial charge in [-0.2, -0.15) is 0 Å². The maximum absolute atomic E-state index is 11.0. The summed E-state index contributed by atoms with van der Waals surface area (Å²) in [5.41, 5.74) is 6.42. The van der Waals surface area contributed by atoms with E-state index in [-0.39, 0.29) is 17.4 Å². The molecule has 1 aromatic carbocycles. The first-order valence-electron chi connectivity index (χ1n) is 4.95. The minimum Gasteiger partial charge on any atom is -0.478 e. The molecule has 1 rings (SSSR count). The average Bonchev–Trinajstić information content (AvgIpc) is 2.17. The maximum Gasteiger partial charge on any atom is 0.336 e. The van der Waals surface area contributed by atoms with E-state index in [0.717, 1.165) is 0 Å². The van der Waals surface area contributed by atoms with Gasteiger partial charge in [0.05, 0.1) is 5.56 Å². The number of aromatic carboxylic acids is 1. The van der Waals surface area contributed by atoms with E-state index in [1.165, 1.54) is 17.8 Å². The van der Waals surface area contributed by atoms with Gasteiger partial charge in [-0.05, 0) is 24.6 Å². The van der Waals surface area contributed by atoms with Crippen LogP contribution in [0, 0.1) is 0 Å². The summed E-state index contributed by atoms with van der Waals surface area (Å²) in [5.74, 6) is -0.960. The van der Waals surface area contributed by atoms with Gasteiger partial charge in [0.15, 0.2) is 0 Å². The van der Waals surface area contributed by atoms with Gasteiger partial charge in [-0.15, -0.1) is 11.8 Å². The topological polar surface area (TPSA) is 83.5 Å². The normalized spacial score (nSPS) is 12.4. The fourth-order valence-electron chi connectivity index (χ4n) is 1.27. The molecule has 1 atom stereocenters. The van der Waals surface area contributed by atoms with Crippen molar-refractivity contribution in [1.82, 2.24) is 0 Å². The smallest absolute Gasteiger partial charge is 0.336 e. The molecule has 16 heavy (non-hydrogen) atoms. The Hall–Kier alpha value is -1.20. The number of thioether (sulfide) groups is 1. The Kier molecular flexibility index (Phi) is 4.64. The number of hydrogen-bond donors (Lipinski definition) is 3. The van der Waals surface area contributed by atoms with E-state index in [2.05, 4.69) is 0 Å². The third-order valence-electron chi connectivity index (χ3n) is 2.10. The molecule has 1 unspecified atom stereocenters. The number of carboxylic acids is 1. The van der Waals surface area contributed by atoms with Gasteiger partial charge < -0.3 is 15.9 Å². The molecule has 0 radical (unpaired) electrons. The molecule has 0 aromatic heterocycles. The SMILES string of the molecule is CC(CCO)Sc1cc(N)ccc1C(=O)O. The van der Waals surface area contributed by atoms with E-state index in [1.54, 1.807) is 12.1 Å². The molecule has 4 nitrogen and oxygen atoms in total. The summed E-state index contributed by atoms with van der Waals surface area (Å²) in [4.78, 5) is 11.6. The van der Waals surface area contributed by atoms with Gasteiger partial charge in [0, 0.05) is 22.4 Å². The summed E-state index contributed by atoms with van der Waals surface area (Å²) in [6, 6.07) is 4.73. The first-order chi connectivity index (χ1) is 7.54. The van der Waals surface area contributed by atoms with Crippen molar-refractivity contribution in [1.29, 1.82) is 0 Å². The van der Waals surface area contributed by atoms with E-state index in [0.29, 0.717) is 17.0 Å². The molecule has 0 aliphatic rings. The Balaban J connectivity index is 2.92. The maximum atomic E-state index is 11.0. The van der Waals surface area contributed by atoms with Crippen molar-refractivity contribution >= 4 is 23.4 Å². The number of hydrogen-bond acceptors (Lipinski definition) is 4. The van der Waals surface area contributed by atoms with E-state index >= 15 is 0 Å². The van der Waals surface area contributed by atoms with Crippen LogP contribution in [-0.2, 0) is 0 Å². The van der Waals surface area contributed by atoms with Gasteiger partial charge in [-0.25, -0.2) is 4.79 Å². The summed E-state index contributed by atoms with van der Waals surface area (Å²) in [6.07, 6.45) is 0.624. The monoisotopic (exact) mass is 241 g/mol. The van der Waals surface area contributed by atoms with Crippen LogP contribution in [0.1, 0.15) is 23.7 Å². The zero-order chi connectivity index (χ0) is 12.1. The number of carbonyl (C=O) groups is 1. The molecule has 0 saturated heterocycles. The fourth-order valence-corrected chi connectivity index (χ4v) is 2.41. The molecule has 0 amide bonds. The molecule has 0 aliphatic carbocycles. The minimum absolute atomic E-state index is 0.0961. The highest BCUT2D eigenvalue weighted by molar-refractivity contribution is 8.00. The van der Waals surface area contributed by atoms with E-state index in [1.807, 2.05) is 6.92 Å². The molecule has 4 N–H and O–H groups in total. The first-order valence-corrected chi connectivity index (χ1v) is 5.83. The van der Waals surface area contributed by atoms with Crippen LogP contribution in [-0.4, -0.2) is 28.0 Å². The quantitative estimate of drug-likeness (QED) is 0.541. The Bertz CT molecular complexity index is 381. The first kappa shape index (κ1) is 12.9. The second kappa shape index (κ2) is 5.77. The second-order valence-corrected chi connectivity index (χ2v) is 4.98. The van der Waals surface area contributed by atoms with Crippen LogP contribution >= 0.6 is 11.8 Å². The predicted molar refractivity (Wildman–Crippen MR) is 64.8 cm³/mol. The molecular weight excluding hydrogens is 226 g/mol. The fraction of sp³-hybridized carbons (Fsp3) is 0.364. The number of aliphatic hydroxyl groups excluding tert-OH is 1. The Labute approximate surface area is 98.5 Å². The number of carboxylic acid groups (broad SMARTS) is 1. The van der Waals surface area contributed by atoms with Crippen molar-refractivity contribution in [2.75, 3.05) is 12.3 Å². The second-order valence-electron chi connectivity index (χ2n) is 3.50. The van der Waals surface area contributed by atoms with Crippen LogP contribution in [0.5, 0.6) is 0 Å². The van der Waals surface area contributed by atoms with E-state index in [9.17, 15) is 4.79 Å². The molecule has 1 aromatic rings. The highest BCUT2D eigenvalue weighted by Gasteiger charge is 2.13. The molecule has 5 heteroatoms. The summed E-state index contributed by atoms with van der Waals surface area (Å²) in [5, 5.41) is 17.9. The van der Waals surface area contributed by atoms with Gasteiger partial charge in [0.2, 0.25) is 0 Å². The summed E-state index contributed by atoms with van der Waals surface area (Å²) in [7, 11) is 0. The van der Waals surface area contributed by atoms with E-state index in [4.69, 9.17) is 15.9 Å². The van der Waals surface area contributed by atoms with Crippen LogP contribution in [0.25, 0.3) is 0 Å². The third-order valence-corrected chi connectivity index (χ3v) is 3.33. The van der Waals surface area contributed by atoms with E-state index < -0.39 is 5.97 Å². The highest BCUT2D eigenvalue weighted by Crippen LogP contribution is 2.30. The zero-order valence-corrected chi connectivity index (χ0v) is 9.83. The minimum atomic E-state index is -0.960. The van der Waals surface area contributed by atoms with Gasteiger partial charge in [-0.3, -0.25) is 0 Å². The van der Waals surface area contributed by atoms with Crippen LogP contribution in [0.4, 0.5) is 5.69 Å². The van der Waals surface area contributed by atoms with Crippen molar-refractivity contribution < 1.29 is 15.0 Å². The lowest BCUT2D eigenvalue weighted by Gasteiger charge is -2.12. The standard InChI is InChI=1S/C11H15NO3S/c1-7(4-5-13)16-10-6-8(12)2-3-9(10)11(14)15/h2-3,6-7,13H,4-5,12H2,1H3,(H,14,15). The molecular formula is C11H15NO3S. The lowest BCUT2D eigenvalue weighted by atomic mass is 10.2. The van der Waals surface area contributed by atoms with Crippen molar-refractivity contribution in [3.63, 3.8) is 0 Å². The number of nitrogen functional groups attached to an aromatic ring is 1. The van der Waals surface area contributed by atoms with Crippen LogP contribution < -0.4 is 5.73 Å². The molecule has 0 aliphatic heterocycles. The third kappa shape index (κ3) is 3.43. The number of anilines is 1. The van der Waals surface area contributed by atoms with Crippen LogP contribution in [0.3, 0.4) is 0 Å². The molecule has 88 valence electrons. The molecule has 0 fully saturated rings. The van der Waals surface area contributed by atoms with Crippen LogP contribution in [0.15, 0.2) is 23.1 Å². The van der Waals surface area contributed by atoms with Crippen molar-refractivity contribution in [2.45, 2.75) is 23.5 Å². The van der Waals surface area contributed by atoms with Gasteiger partial charge in [-0.1, -0.05) is 6.92 Å². The highest BCUT2D eigenvalue weighted by atomic mass is 32.2. The number of rotatable bonds is 5. The van der Waals surface area contributed by atoms with Crippen molar-refractivity contribution in [2.24, 2.45) is 0 Å². The number of nitrogens with two attached hydrogens (primary N) is 1. The lowest BCUT2D eigenvalue weighted by Crippen LogP contribution is -2.04. The Morgan fingerprint density at radius 2 is 2.25 bits per heavy atom. The van der Waals surface area contributed by atoms with Gasteiger partial charge in [0.25, 0.3) is 0 Å². The Morgan fingerprint density at radius 1 is 1.56 bits per heavy atom. The Morgan fingerprint density at radius 3 is 2.81 bits per heavy atom. The lowest BCUT2D eigenvalue weighted by molar-refractivity contribution is 0.0693. The largest absolute Gasteiger partial charge is 0.478 e. The molecule has 0 saturated carbocycles. The van der Waals surface area contributed by atoms with Crippen molar-refractivity contribution in [3.8, 4) is 0 Å². The molecule has 0 bridgehead atoms. The summed E-state index contributed by atoms with van der Waals surface area (Å²) in [6.45, 7) is 2.04. The molecule has 0 heterocycles. The number of benzene rings is 1. The summed E-state index contributed by atoms with van der Waals surface area (Å²) < 4.78 is 0.